The van der Waals surface area contributed by atoms with Crippen LogP contribution in [0.3, 0.4) is 0 Å². The molecule has 0 saturated carbocycles. The third-order valence-corrected chi connectivity index (χ3v) is 7.60. The van der Waals surface area contributed by atoms with E-state index in [1.165, 1.54) is 29.7 Å². The Bertz CT molecular complexity index is 1140. The van der Waals surface area contributed by atoms with E-state index in [-0.39, 0.29) is 16.8 Å². The summed E-state index contributed by atoms with van der Waals surface area (Å²) in [6.45, 7) is 1.22. The molecule has 4 rings (SSSR count). The van der Waals surface area contributed by atoms with Crippen LogP contribution in [0.2, 0.25) is 0 Å². The highest BCUT2D eigenvalue weighted by molar-refractivity contribution is 14.1. The summed E-state index contributed by atoms with van der Waals surface area (Å²) in [6, 6.07) is 14.2. The maximum atomic E-state index is 12.8. The first-order chi connectivity index (χ1) is 14.4. The largest absolute Gasteiger partial charge is 0.311 e. The molecule has 30 heavy (non-hydrogen) atoms. The molecule has 1 atom stereocenters. The highest BCUT2D eigenvalue weighted by atomic mass is 127. The number of carbonyl (C=O) groups is 1. The predicted octanol–water partition coefficient (Wildman–Crippen LogP) is 3.44. The van der Waals surface area contributed by atoms with Crippen molar-refractivity contribution in [2.24, 2.45) is 0 Å². The fourth-order valence-corrected chi connectivity index (χ4v) is 5.66. The summed E-state index contributed by atoms with van der Waals surface area (Å²) in [5.41, 5.74) is 1.82. The number of amides is 1. The molecule has 1 saturated heterocycles. The van der Waals surface area contributed by atoms with E-state index in [0.29, 0.717) is 30.3 Å². The number of rotatable bonds is 7. The lowest BCUT2D eigenvalue weighted by molar-refractivity contribution is -0.118. The van der Waals surface area contributed by atoms with Crippen LogP contribution < -0.4 is 14.9 Å². The van der Waals surface area contributed by atoms with Gasteiger partial charge in [-0.25, -0.2) is 13.4 Å². The molecule has 0 spiro atoms. The molecule has 1 aromatic heterocycles. The van der Waals surface area contributed by atoms with Crippen LogP contribution in [0, 0.1) is 3.57 Å². The van der Waals surface area contributed by atoms with E-state index >= 15 is 0 Å². The summed E-state index contributed by atoms with van der Waals surface area (Å²) in [5, 5.41) is 5.34. The molecule has 2 aromatic carbocycles. The fraction of sp³-hybridized carbons (Fsp3) is 0.200. The summed E-state index contributed by atoms with van der Waals surface area (Å²) in [6.07, 6.45) is 2.24. The van der Waals surface area contributed by atoms with Crippen LogP contribution in [-0.4, -0.2) is 31.9 Å². The Hall–Kier alpha value is -2.02. The van der Waals surface area contributed by atoms with Gasteiger partial charge in [0.05, 0.1) is 10.9 Å². The summed E-state index contributed by atoms with van der Waals surface area (Å²) in [5.74, 6) is -0.00264. The van der Waals surface area contributed by atoms with Crippen molar-refractivity contribution in [3.8, 4) is 0 Å². The van der Waals surface area contributed by atoms with Gasteiger partial charge < -0.3 is 10.2 Å². The van der Waals surface area contributed by atoms with Gasteiger partial charge in [0.25, 0.3) is 10.0 Å². The van der Waals surface area contributed by atoms with Gasteiger partial charge in [0.2, 0.25) is 5.91 Å². The third kappa shape index (κ3) is 4.82. The van der Waals surface area contributed by atoms with Gasteiger partial charge in [-0.3, -0.25) is 9.52 Å². The van der Waals surface area contributed by atoms with Gasteiger partial charge in [0.15, 0.2) is 5.13 Å². The van der Waals surface area contributed by atoms with Crippen molar-refractivity contribution in [2.45, 2.75) is 23.9 Å². The number of sulfonamides is 1. The second-order valence-electron chi connectivity index (χ2n) is 6.78. The fourth-order valence-electron chi connectivity index (χ4n) is 3.27. The van der Waals surface area contributed by atoms with Crippen molar-refractivity contribution >= 4 is 60.7 Å². The van der Waals surface area contributed by atoms with Gasteiger partial charge in [-0.15, -0.1) is 11.3 Å². The van der Waals surface area contributed by atoms with Crippen LogP contribution in [0.4, 0.5) is 10.8 Å². The first kappa shape index (κ1) is 21.2. The number of anilines is 2. The van der Waals surface area contributed by atoms with Crippen molar-refractivity contribution in [3.05, 3.63) is 69.2 Å². The van der Waals surface area contributed by atoms with E-state index in [4.69, 9.17) is 0 Å². The average molecular weight is 554 g/mol. The standard InChI is InChI=1S/C20H19IN4O3S2/c21-15-3-1-2-14(12-15)13-23-18-8-10-25(19(18)26)16-4-6-17(7-5-16)30(27,28)24-20-22-9-11-29-20/h1-7,9,11-12,18,23H,8,10,13H2,(H,22,24). The van der Waals surface area contributed by atoms with Gasteiger partial charge in [0, 0.05) is 33.9 Å². The maximum Gasteiger partial charge on any atom is 0.263 e. The highest BCUT2D eigenvalue weighted by Gasteiger charge is 2.32. The topological polar surface area (TPSA) is 91.4 Å². The van der Waals surface area contributed by atoms with Gasteiger partial charge in [0.1, 0.15) is 0 Å². The normalized spacial score (nSPS) is 16.8. The number of hydrogen-bond donors (Lipinski definition) is 2. The summed E-state index contributed by atoms with van der Waals surface area (Å²) < 4.78 is 28.5. The van der Waals surface area contributed by atoms with Crippen molar-refractivity contribution in [3.63, 3.8) is 0 Å². The molecule has 1 unspecified atom stereocenters. The number of thiazole rings is 1. The van der Waals surface area contributed by atoms with Crippen LogP contribution in [0.5, 0.6) is 0 Å². The molecule has 10 heteroatoms. The quantitative estimate of drug-likeness (QED) is 0.437. The molecule has 0 radical (unpaired) electrons. The van der Waals surface area contributed by atoms with E-state index < -0.39 is 10.0 Å². The first-order valence-electron chi connectivity index (χ1n) is 9.24. The second kappa shape index (κ2) is 9.00. The number of nitrogens with zero attached hydrogens (tertiary/aromatic N) is 2. The molecule has 156 valence electrons. The Kier molecular flexibility index (Phi) is 6.37. The minimum Gasteiger partial charge on any atom is -0.311 e. The second-order valence-corrected chi connectivity index (χ2v) is 10.6. The molecule has 0 bridgehead atoms. The van der Waals surface area contributed by atoms with Gasteiger partial charge in [-0.2, -0.15) is 0 Å². The van der Waals surface area contributed by atoms with Crippen LogP contribution >= 0.6 is 33.9 Å². The summed E-state index contributed by atoms with van der Waals surface area (Å²) in [4.78, 5) is 18.6. The van der Waals surface area contributed by atoms with Crippen molar-refractivity contribution in [2.75, 3.05) is 16.2 Å². The number of carbonyl (C=O) groups excluding carboxylic acids is 1. The molecule has 1 amide bonds. The molecule has 1 aliphatic rings. The van der Waals surface area contributed by atoms with Crippen LogP contribution in [-0.2, 0) is 21.4 Å². The Labute approximate surface area is 192 Å². The van der Waals surface area contributed by atoms with E-state index in [1.54, 1.807) is 22.4 Å². The summed E-state index contributed by atoms with van der Waals surface area (Å²) in [7, 11) is -3.71. The zero-order valence-corrected chi connectivity index (χ0v) is 19.6. The monoisotopic (exact) mass is 554 g/mol. The van der Waals surface area contributed by atoms with Gasteiger partial charge in [-0.05, 0) is 71.0 Å². The van der Waals surface area contributed by atoms with Crippen molar-refractivity contribution < 1.29 is 13.2 Å². The molecule has 0 aliphatic carbocycles. The van der Waals surface area contributed by atoms with E-state index in [1.807, 2.05) is 18.2 Å². The smallest absolute Gasteiger partial charge is 0.263 e. The Morgan fingerprint density at radius 3 is 2.70 bits per heavy atom. The predicted molar refractivity (Wildman–Crippen MR) is 126 cm³/mol. The zero-order chi connectivity index (χ0) is 21.1. The van der Waals surface area contributed by atoms with E-state index in [9.17, 15) is 13.2 Å². The Balaban J connectivity index is 1.40. The Morgan fingerprint density at radius 1 is 1.20 bits per heavy atom. The highest BCUT2D eigenvalue weighted by Crippen LogP contribution is 2.25. The number of aromatic nitrogens is 1. The molecule has 1 aliphatic heterocycles. The lowest BCUT2D eigenvalue weighted by Gasteiger charge is -2.18. The van der Waals surface area contributed by atoms with Crippen LogP contribution in [0.25, 0.3) is 0 Å². The SMILES string of the molecule is O=C1C(NCc2cccc(I)c2)CCN1c1ccc(S(=O)(=O)Nc2nccs2)cc1. The molecule has 2 heterocycles. The molecule has 2 N–H and O–H groups in total. The van der Waals surface area contributed by atoms with Gasteiger partial charge in [-0.1, -0.05) is 12.1 Å². The van der Waals surface area contributed by atoms with Crippen LogP contribution in [0.15, 0.2) is 65.0 Å². The summed E-state index contributed by atoms with van der Waals surface area (Å²) >= 11 is 3.48. The molecule has 3 aromatic rings. The average Bonchev–Trinajstić information content (AvgIpc) is 3.36. The molecule has 7 nitrogen and oxygen atoms in total. The zero-order valence-electron chi connectivity index (χ0n) is 15.8. The van der Waals surface area contributed by atoms with E-state index in [2.05, 4.69) is 43.7 Å². The third-order valence-electron chi connectivity index (χ3n) is 4.76. The number of nitrogens with one attached hydrogen (secondary N) is 2. The minimum absolute atomic E-state index is 0.00264. The number of halogens is 1. The minimum atomic E-state index is -3.71. The lowest BCUT2D eigenvalue weighted by atomic mass is 10.2. The van der Waals surface area contributed by atoms with Gasteiger partial charge >= 0.3 is 0 Å². The molecule has 1 fully saturated rings. The Morgan fingerprint density at radius 2 is 2.00 bits per heavy atom. The van der Waals surface area contributed by atoms with Crippen LogP contribution in [0.1, 0.15) is 12.0 Å². The maximum absolute atomic E-state index is 12.8. The molecular weight excluding hydrogens is 535 g/mol. The lowest BCUT2D eigenvalue weighted by Crippen LogP contribution is -2.38. The first-order valence-corrected chi connectivity index (χ1v) is 12.7. The van der Waals surface area contributed by atoms with E-state index in [0.717, 1.165) is 9.13 Å². The number of hydrogen-bond acceptors (Lipinski definition) is 6. The van der Waals surface area contributed by atoms with Crippen molar-refractivity contribution in [1.29, 1.82) is 0 Å². The molecular formula is C20H19IN4O3S2. The number of benzene rings is 2. The van der Waals surface area contributed by atoms with Crippen molar-refractivity contribution in [1.82, 2.24) is 10.3 Å².